The molecule has 1 amide bonds. The highest BCUT2D eigenvalue weighted by molar-refractivity contribution is 8.13. The molecule has 20 heavy (non-hydrogen) atoms. The van der Waals surface area contributed by atoms with Crippen molar-refractivity contribution in [3.8, 4) is 5.75 Å². The van der Waals surface area contributed by atoms with Crippen LogP contribution in [0.3, 0.4) is 0 Å². The Labute approximate surface area is 122 Å². The molecule has 2 rings (SSSR count). The van der Waals surface area contributed by atoms with Gasteiger partial charge in [-0.3, -0.25) is 4.79 Å². The largest absolute Gasteiger partial charge is 0.495 e. The number of halogens is 1. The molecule has 7 heteroatoms. The van der Waals surface area contributed by atoms with E-state index in [-0.39, 0.29) is 16.7 Å². The minimum absolute atomic E-state index is 0.0707. The number of benzene rings is 1. The minimum atomic E-state index is -3.88. The Morgan fingerprint density at radius 1 is 1.45 bits per heavy atom. The molecule has 1 aromatic rings. The summed E-state index contributed by atoms with van der Waals surface area (Å²) in [6.45, 7) is 0.373. The molecule has 0 aliphatic heterocycles. The quantitative estimate of drug-likeness (QED) is 0.595. The van der Waals surface area contributed by atoms with Gasteiger partial charge in [-0.25, -0.2) is 8.42 Å². The fraction of sp³-hybridized carbons (Fsp3) is 0.462. The van der Waals surface area contributed by atoms with E-state index in [1.54, 1.807) is 17.0 Å². The second-order valence-electron chi connectivity index (χ2n) is 4.79. The summed E-state index contributed by atoms with van der Waals surface area (Å²) in [6, 6.07) is 5.00. The molecule has 5 nitrogen and oxygen atoms in total. The maximum absolute atomic E-state index is 11.5. The van der Waals surface area contributed by atoms with Crippen LogP contribution in [0.2, 0.25) is 0 Å². The van der Waals surface area contributed by atoms with Gasteiger partial charge in [0.2, 0.25) is 6.41 Å². The summed E-state index contributed by atoms with van der Waals surface area (Å²) in [4.78, 5) is 12.7. The number of nitrogens with zero attached hydrogens (tertiary/aromatic N) is 1. The molecule has 0 heterocycles. The Morgan fingerprint density at radius 3 is 2.60 bits per heavy atom. The van der Waals surface area contributed by atoms with Crippen LogP contribution in [0.15, 0.2) is 23.1 Å². The summed E-state index contributed by atoms with van der Waals surface area (Å²) in [5.74, 6) is 0.199. The highest BCUT2D eigenvalue weighted by Crippen LogP contribution is 2.30. The van der Waals surface area contributed by atoms with Gasteiger partial charge in [0.25, 0.3) is 9.05 Å². The number of rotatable bonds is 6. The van der Waals surface area contributed by atoms with Crippen molar-refractivity contribution in [2.45, 2.75) is 36.7 Å². The average Bonchev–Trinajstić information content (AvgIpc) is 2.34. The van der Waals surface area contributed by atoms with Gasteiger partial charge in [0.05, 0.1) is 7.11 Å². The zero-order chi connectivity index (χ0) is 14.8. The Hall–Kier alpha value is -1.27. The van der Waals surface area contributed by atoms with Crippen LogP contribution in [-0.4, -0.2) is 32.9 Å². The number of amides is 1. The van der Waals surface area contributed by atoms with E-state index in [9.17, 15) is 13.2 Å². The van der Waals surface area contributed by atoms with Gasteiger partial charge in [0.15, 0.2) is 0 Å². The molecule has 1 saturated carbocycles. The van der Waals surface area contributed by atoms with Crippen molar-refractivity contribution in [3.63, 3.8) is 0 Å². The molecular formula is C13H16ClNO4S. The monoisotopic (exact) mass is 317 g/mol. The fourth-order valence-corrected chi connectivity index (χ4v) is 3.24. The molecule has 1 fully saturated rings. The summed E-state index contributed by atoms with van der Waals surface area (Å²) >= 11 is 0. The van der Waals surface area contributed by atoms with E-state index >= 15 is 0 Å². The highest BCUT2D eigenvalue weighted by Gasteiger charge is 2.24. The molecule has 1 aromatic carbocycles. The number of hydrogen-bond acceptors (Lipinski definition) is 4. The van der Waals surface area contributed by atoms with Crippen LogP contribution in [0.4, 0.5) is 0 Å². The van der Waals surface area contributed by atoms with Crippen molar-refractivity contribution >= 4 is 26.1 Å². The predicted molar refractivity (Wildman–Crippen MR) is 75.3 cm³/mol. The summed E-state index contributed by atoms with van der Waals surface area (Å²) in [7, 11) is 2.89. The van der Waals surface area contributed by atoms with Gasteiger partial charge in [-0.05, 0) is 37.0 Å². The fourth-order valence-electron chi connectivity index (χ4n) is 2.19. The first kappa shape index (κ1) is 15.1. The van der Waals surface area contributed by atoms with Gasteiger partial charge >= 0.3 is 0 Å². The van der Waals surface area contributed by atoms with Crippen LogP contribution in [0.5, 0.6) is 5.75 Å². The van der Waals surface area contributed by atoms with Crippen molar-refractivity contribution in [3.05, 3.63) is 23.8 Å². The van der Waals surface area contributed by atoms with Gasteiger partial charge in [0, 0.05) is 23.3 Å². The van der Waals surface area contributed by atoms with E-state index in [0.717, 1.165) is 25.7 Å². The lowest BCUT2D eigenvalue weighted by Gasteiger charge is -2.35. The van der Waals surface area contributed by atoms with E-state index in [2.05, 4.69) is 0 Å². The minimum Gasteiger partial charge on any atom is -0.495 e. The van der Waals surface area contributed by atoms with Crippen molar-refractivity contribution in [1.29, 1.82) is 0 Å². The standard InChI is InChI=1S/C13H16ClNO4S/c1-19-12-6-5-10(7-13(12)20(14,17)18)8-15(9-16)11-3-2-4-11/h5-7,9,11H,2-4,8H2,1H3. The highest BCUT2D eigenvalue weighted by atomic mass is 35.7. The Kier molecular flexibility index (Phi) is 4.55. The predicted octanol–water partition coefficient (Wildman–Crippen LogP) is 2.13. The second-order valence-corrected chi connectivity index (χ2v) is 7.32. The first-order chi connectivity index (χ1) is 9.45. The zero-order valence-corrected chi connectivity index (χ0v) is 12.7. The van der Waals surface area contributed by atoms with Gasteiger partial charge < -0.3 is 9.64 Å². The Bertz CT molecular complexity index is 598. The molecule has 0 N–H and O–H groups in total. The number of ether oxygens (including phenoxy) is 1. The van der Waals surface area contributed by atoms with Gasteiger partial charge in [-0.15, -0.1) is 0 Å². The third kappa shape index (κ3) is 3.24. The van der Waals surface area contributed by atoms with Crippen molar-refractivity contribution in [2.24, 2.45) is 0 Å². The van der Waals surface area contributed by atoms with E-state index in [0.29, 0.717) is 12.1 Å². The molecule has 110 valence electrons. The van der Waals surface area contributed by atoms with E-state index in [4.69, 9.17) is 15.4 Å². The van der Waals surface area contributed by atoms with Crippen molar-refractivity contribution < 1.29 is 17.9 Å². The molecule has 0 unspecified atom stereocenters. The lowest BCUT2D eigenvalue weighted by atomic mass is 9.91. The van der Waals surface area contributed by atoms with Gasteiger partial charge in [0.1, 0.15) is 10.6 Å². The lowest BCUT2D eigenvalue weighted by molar-refractivity contribution is -0.122. The third-order valence-electron chi connectivity index (χ3n) is 3.53. The zero-order valence-electron chi connectivity index (χ0n) is 11.1. The van der Waals surface area contributed by atoms with Gasteiger partial charge in [-0.1, -0.05) is 6.07 Å². The topological polar surface area (TPSA) is 63.7 Å². The second kappa shape index (κ2) is 6.01. The number of methoxy groups -OCH3 is 1. The molecule has 0 radical (unpaired) electrons. The number of carbonyl (C=O) groups excluding carboxylic acids is 1. The van der Waals surface area contributed by atoms with E-state index in [1.165, 1.54) is 13.2 Å². The van der Waals surface area contributed by atoms with Crippen LogP contribution >= 0.6 is 10.7 Å². The number of hydrogen-bond donors (Lipinski definition) is 0. The first-order valence-corrected chi connectivity index (χ1v) is 8.59. The van der Waals surface area contributed by atoms with Crippen LogP contribution < -0.4 is 4.74 Å². The SMILES string of the molecule is COc1ccc(CN(C=O)C2CCC2)cc1S(=O)(=O)Cl. The first-order valence-electron chi connectivity index (χ1n) is 6.28. The molecule has 0 spiro atoms. The van der Waals surface area contributed by atoms with Crippen LogP contribution in [0.1, 0.15) is 24.8 Å². The maximum Gasteiger partial charge on any atom is 0.264 e. The lowest BCUT2D eigenvalue weighted by Crippen LogP contribution is -2.38. The summed E-state index contributed by atoms with van der Waals surface area (Å²) in [5.41, 5.74) is 0.712. The summed E-state index contributed by atoms with van der Waals surface area (Å²) in [6.07, 6.45) is 3.92. The van der Waals surface area contributed by atoms with Crippen LogP contribution in [0.25, 0.3) is 0 Å². The Balaban J connectivity index is 2.26. The van der Waals surface area contributed by atoms with Crippen LogP contribution in [-0.2, 0) is 20.4 Å². The smallest absolute Gasteiger partial charge is 0.264 e. The number of carbonyl (C=O) groups is 1. The Morgan fingerprint density at radius 2 is 2.15 bits per heavy atom. The summed E-state index contributed by atoms with van der Waals surface area (Å²) < 4.78 is 28.0. The van der Waals surface area contributed by atoms with E-state index < -0.39 is 9.05 Å². The third-order valence-corrected chi connectivity index (χ3v) is 4.88. The normalized spacial score (nSPS) is 15.5. The average molecular weight is 318 g/mol. The van der Waals surface area contributed by atoms with Crippen LogP contribution in [0, 0.1) is 0 Å². The van der Waals surface area contributed by atoms with E-state index in [1.807, 2.05) is 0 Å². The molecule has 1 aliphatic carbocycles. The van der Waals surface area contributed by atoms with Crippen molar-refractivity contribution in [1.82, 2.24) is 4.90 Å². The molecular weight excluding hydrogens is 302 g/mol. The van der Waals surface area contributed by atoms with Gasteiger partial charge in [-0.2, -0.15) is 0 Å². The maximum atomic E-state index is 11.5. The van der Waals surface area contributed by atoms with Crippen molar-refractivity contribution in [2.75, 3.05) is 7.11 Å². The summed E-state index contributed by atoms with van der Waals surface area (Å²) in [5, 5.41) is 0. The molecule has 0 aromatic heterocycles. The molecule has 0 saturated heterocycles. The molecule has 1 aliphatic rings. The molecule has 0 atom stereocenters. The molecule has 0 bridgehead atoms.